The van der Waals surface area contributed by atoms with Gasteiger partial charge in [-0.15, -0.1) is 0 Å². The fourth-order valence-electron chi connectivity index (χ4n) is 1.58. The third kappa shape index (κ3) is 4.02. The number of nitrogens with one attached hydrogen (secondary N) is 1. The zero-order valence-electron chi connectivity index (χ0n) is 10.6. The number of hydrogen-bond donors (Lipinski definition) is 2. The Morgan fingerprint density at radius 2 is 2.15 bits per heavy atom. The number of carbonyl (C=O) groups is 2. The number of carboxylic acids is 1. The van der Waals surface area contributed by atoms with Crippen molar-refractivity contribution in [3.63, 3.8) is 0 Å². The van der Waals surface area contributed by atoms with Gasteiger partial charge >= 0.3 is 5.97 Å². The molecule has 0 heterocycles. The highest BCUT2D eigenvalue weighted by Crippen LogP contribution is 2.22. The number of amides is 1. The number of nitro groups is 1. The number of nitrogens with zero attached hydrogens (tertiary/aromatic N) is 1. The van der Waals surface area contributed by atoms with Crippen LogP contribution in [-0.4, -0.2) is 27.9 Å². The van der Waals surface area contributed by atoms with Gasteiger partial charge in [-0.25, -0.2) is 4.79 Å². The number of non-ortho nitro benzene ring substituents is 1. The average molecular weight is 345 g/mol. The maximum atomic E-state index is 12.0. The number of benzene rings is 1. The minimum absolute atomic E-state index is 0.0292. The highest BCUT2D eigenvalue weighted by atomic mass is 79.9. The Morgan fingerprint density at radius 3 is 2.65 bits per heavy atom. The van der Waals surface area contributed by atoms with E-state index in [9.17, 15) is 19.7 Å². The van der Waals surface area contributed by atoms with E-state index in [1.807, 2.05) is 0 Å². The second-order valence-corrected chi connectivity index (χ2v) is 4.93. The zero-order valence-corrected chi connectivity index (χ0v) is 12.2. The van der Waals surface area contributed by atoms with E-state index in [0.717, 1.165) is 6.07 Å². The minimum Gasteiger partial charge on any atom is -0.480 e. The lowest BCUT2D eigenvalue weighted by molar-refractivity contribution is -0.384. The molecule has 8 heteroatoms. The zero-order chi connectivity index (χ0) is 15.3. The van der Waals surface area contributed by atoms with Crippen LogP contribution in [-0.2, 0) is 4.79 Å². The van der Waals surface area contributed by atoms with Gasteiger partial charge in [-0.1, -0.05) is 13.3 Å². The van der Waals surface area contributed by atoms with Crippen LogP contribution in [0.2, 0.25) is 0 Å². The largest absolute Gasteiger partial charge is 0.480 e. The number of carboxylic acid groups (broad SMARTS) is 1. The second kappa shape index (κ2) is 6.99. The fourth-order valence-corrected chi connectivity index (χ4v) is 2.01. The van der Waals surface area contributed by atoms with Gasteiger partial charge in [0.25, 0.3) is 11.6 Å². The predicted molar refractivity (Wildman–Crippen MR) is 74.6 cm³/mol. The molecule has 0 saturated heterocycles. The monoisotopic (exact) mass is 344 g/mol. The van der Waals surface area contributed by atoms with Gasteiger partial charge in [0.15, 0.2) is 0 Å². The SMILES string of the molecule is CCCC(NC(=O)c1cc([N+](=O)[O-])ccc1Br)C(=O)O. The molecule has 0 aliphatic rings. The predicted octanol–water partition coefficient (Wildman–Crippen LogP) is 2.34. The fraction of sp³-hybridized carbons (Fsp3) is 0.333. The first-order chi connectivity index (χ1) is 9.36. The van der Waals surface area contributed by atoms with Crippen LogP contribution in [0.1, 0.15) is 30.1 Å². The summed E-state index contributed by atoms with van der Waals surface area (Å²) in [6.45, 7) is 1.80. The average Bonchev–Trinajstić information content (AvgIpc) is 2.38. The van der Waals surface area contributed by atoms with Gasteiger partial charge in [0, 0.05) is 16.6 Å². The van der Waals surface area contributed by atoms with E-state index in [-0.39, 0.29) is 17.7 Å². The summed E-state index contributed by atoms with van der Waals surface area (Å²) in [5.74, 6) is -1.80. The molecule has 1 atom stereocenters. The van der Waals surface area contributed by atoms with Crippen LogP contribution in [0.3, 0.4) is 0 Å². The lowest BCUT2D eigenvalue weighted by Crippen LogP contribution is -2.40. The van der Waals surface area contributed by atoms with Gasteiger partial charge in [-0.3, -0.25) is 14.9 Å². The molecule has 0 bridgehead atoms. The van der Waals surface area contributed by atoms with Gasteiger partial charge in [-0.2, -0.15) is 0 Å². The van der Waals surface area contributed by atoms with Gasteiger partial charge in [-0.05, 0) is 28.4 Å². The molecule has 0 aromatic heterocycles. The van der Waals surface area contributed by atoms with Crippen LogP contribution in [0.4, 0.5) is 5.69 Å². The van der Waals surface area contributed by atoms with Crippen LogP contribution in [0, 0.1) is 10.1 Å². The maximum Gasteiger partial charge on any atom is 0.326 e. The van der Waals surface area contributed by atoms with E-state index in [1.165, 1.54) is 12.1 Å². The molecule has 7 nitrogen and oxygen atoms in total. The molecule has 0 fully saturated rings. The molecule has 0 aliphatic carbocycles. The number of carbonyl (C=O) groups excluding carboxylic acids is 1. The van der Waals surface area contributed by atoms with E-state index < -0.39 is 22.8 Å². The highest BCUT2D eigenvalue weighted by Gasteiger charge is 2.22. The number of rotatable bonds is 6. The molecular formula is C12H13BrN2O5. The topological polar surface area (TPSA) is 110 Å². The van der Waals surface area contributed by atoms with Crippen molar-refractivity contribution >= 4 is 33.5 Å². The van der Waals surface area contributed by atoms with Crippen molar-refractivity contribution in [2.75, 3.05) is 0 Å². The van der Waals surface area contributed by atoms with Crippen LogP contribution < -0.4 is 5.32 Å². The maximum absolute atomic E-state index is 12.0. The summed E-state index contributed by atoms with van der Waals surface area (Å²) in [6.07, 6.45) is 0.876. The van der Waals surface area contributed by atoms with E-state index in [4.69, 9.17) is 5.11 Å². The summed E-state index contributed by atoms with van der Waals surface area (Å²) in [7, 11) is 0. The van der Waals surface area contributed by atoms with Crippen LogP contribution in [0.5, 0.6) is 0 Å². The Morgan fingerprint density at radius 1 is 1.50 bits per heavy atom. The molecule has 2 N–H and O–H groups in total. The quantitative estimate of drug-likeness (QED) is 0.607. The van der Waals surface area contributed by atoms with Crippen LogP contribution in [0.15, 0.2) is 22.7 Å². The summed E-state index contributed by atoms with van der Waals surface area (Å²) in [4.78, 5) is 33.0. The molecule has 1 amide bonds. The van der Waals surface area contributed by atoms with Gasteiger partial charge in [0.1, 0.15) is 6.04 Å². The van der Waals surface area contributed by atoms with Crippen molar-refractivity contribution in [3.8, 4) is 0 Å². The number of nitro benzene ring substituents is 1. The van der Waals surface area contributed by atoms with Crippen molar-refractivity contribution < 1.29 is 19.6 Å². The summed E-state index contributed by atoms with van der Waals surface area (Å²) in [6, 6.07) is 2.72. The Labute approximate surface area is 123 Å². The molecular weight excluding hydrogens is 332 g/mol. The smallest absolute Gasteiger partial charge is 0.326 e. The van der Waals surface area contributed by atoms with Crippen LogP contribution in [0.25, 0.3) is 0 Å². The van der Waals surface area contributed by atoms with Crippen molar-refractivity contribution in [2.24, 2.45) is 0 Å². The first-order valence-electron chi connectivity index (χ1n) is 5.84. The minimum atomic E-state index is -1.14. The normalized spacial score (nSPS) is 11.7. The van der Waals surface area contributed by atoms with Crippen molar-refractivity contribution in [1.29, 1.82) is 0 Å². The molecule has 0 saturated carbocycles. The van der Waals surface area contributed by atoms with Crippen molar-refractivity contribution in [2.45, 2.75) is 25.8 Å². The lowest BCUT2D eigenvalue weighted by Gasteiger charge is -2.14. The molecule has 20 heavy (non-hydrogen) atoms. The molecule has 0 spiro atoms. The number of halogens is 1. The summed E-state index contributed by atoms with van der Waals surface area (Å²) < 4.78 is 0.362. The van der Waals surface area contributed by atoms with Crippen LogP contribution >= 0.6 is 15.9 Å². The summed E-state index contributed by atoms with van der Waals surface area (Å²) in [5.41, 5.74) is -0.206. The number of aliphatic carboxylic acids is 1. The molecule has 108 valence electrons. The Balaban J connectivity index is 2.99. The molecule has 1 aromatic rings. The molecule has 1 rings (SSSR count). The Bertz CT molecular complexity index is 547. The lowest BCUT2D eigenvalue weighted by atomic mass is 10.1. The second-order valence-electron chi connectivity index (χ2n) is 4.07. The van der Waals surface area contributed by atoms with Gasteiger partial charge in [0.2, 0.25) is 0 Å². The first kappa shape index (κ1) is 16.1. The van der Waals surface area contributed by atoms with E-state index in [0.29, 0.717) is 10.9 Å². The molecule has 0 aliphatic heterocycles. The van der Waals surface area contributed by atoms with E-state index >= 15 is 0 Å². The molecule has 1 unspecified atom stereocenters. The van der Waals surface area contributed by atoms with Crippen molar-refractivity contribution in [3.05, 3.63) is 38.3 Å². The first-order valence-corrected chi connectivity index (χ1v) is 6.63. The van der Waals surface area contributed by atoms with E-state index in [1.54, 1.807) is 6.92 Å². The Hall–Kier alpha value is -1.96. The number of hydrogen-bond acceptors (Lipinski definition) is 4. The highest BCUT2D eigenvalue weighted by molar-refractivity contribution is 9.10. The van der Waals surface area contributed by atoms with Gasteiger partial charge in [0.05, 0.1) is 10.5 Å². The van der Waals surface area contributed by atoms with Gasteiger partial charge < -0.3 is 10.4 Å². The van der Waals surface area contributed by atoms with Crippen molar-refractivity contribution in [1.82, 2.24) is 5.32 Å². The third-order valence-electron chi connectivity index (χ3n) is 2.59. The Kier molecular flexibility index (Phi) is 5.63. The summed E-state index contributed by atoms with van der Waals surface area (Å²) >= 11 is 3.12. The molecule has 0 radical (unpaired) electrons. The van der Waals surface area contributed by atoms with E-state index in [2.05, 4.69) is 21.2 Å². The summed E-state index contributed by atoms with van der Waals surface area (Å²) in [5, 5.41) is 22.0. The standard InChI is InChI=1S/C12H13BrN2O5/c1-2-3-10(12(17)18)14-11(16)8-6-7(15(19)20)4-5-9(8)13/h4-6,10H,2-3H2,1H3,(H,14,16)(H,17,18). The molecule has 1 aromatic carbocycles. The third-order valence-corrected chi connectivity index (χ3v) is 3.28.